The van der Waals surface area contributed by atoms with Crippen LogP contribution >= 0.6 is 0 Å². The maximum Gasteiger partial charge on any atom is 0.272 e. The molecule has 4 heterocycles. The van der Waals surface area contributed by atoms with E-state index in [9.17, 15) is 4.79 Å². The predicted molar refractivity (Wildman–Crippen MR) is 112 cm³/mol. The number of hydrogen-bond donors (Lipinski definition) is 0. The average molecular weight is 398 g/mol. The Kier molecular flexibility index (Phi) is 4.63. The number of aryl methyl sites for hydroxylation is 1. The van der Waals surface area contributed by atoms with Crippen LogP contribution in [-0.2, 0) is 20.1 Å². The van der Waals surface area contributed by atoms with Crippen molar-refractivity contribution >= 4 is 5.91 Å². The van der Waals surface area contributed by atoms with Gasteiger partial charge in [0.25, 0.3) is 5.91 Å². The highest BCUT2D eigenvalue weighted by Crippen LogP contribution is 2.33. The number of carbonyl (C=O) groups excluding carboxylic acids is 1. The van der Waals surface area contributed by atoms with Gasteiger partial charge in [-0.3, -0.25) is 14.5 Å². The first kappa shape index (κ1) is 18.3. The molecule has 0 spiro atoms. The van der Waals surface area contributed by atoms with Crippen LogP contribution in [-0.4, -0.2) is 41.7 Å². The van der Waals surface area contributed by atoms with E-state index in [4.69, 9.17) is 4.98 Å². The molecule has 3 aromatic heterocycles. The quantitative estimate of drug-likeness (QED) is 0.530. The Hall–Kier alpha value is -3.74. The van der Waals surface area contributed by atoms with Crippen LogP contribution in [0.3, 0.4) is 0 Å². The number of benzene rings is 1. The Morgan fingerprint density at radius 3 is 2.80 bits per heavy atom. The van der Waals surface area contributed by atoms with Crippen molar-refractivity contribution < 1.29 is 4.79 Å². The van der Waals surface area contributed by atoms with Crippen molar-refractivity contribution in [2.75, 3.05) is 6.54 Å². The Morgan fingerprint density at radius 1 is 1.10 bits per heavy atom. The lowest BCUT2D eigenvalue weighted by Gasteiger charge is -2.34. The van der Waals surface area contributed by atoms with E-state index in [1.807, 2.05) is 35.6 Å². The van der Waals surface area contributed by atoms with Gasteiger partial charge in [-0.25, -0.2) is 4.98 Å². The molecule has 4 aromatic rings. The summed E-state index contributed by atoms with van der Waals surface area (Å²) >= 11 is 0. The summed E-state index contributed by atoms with van der Waals surface area (Å²) in [5.41, 5.74) is 4.08. The molecule has 0 saturated carbocycles. The van der Waals surface area contributed by atoms with Gasteiger partial charge < -0.3 is 9.47 Å². The van der Waals surface area contributed by atoms with Crippen molar-refractivity contribution in [3.05, 3.63) is 102 Å². The number of fused-ring (bicyclic) bond motifs is 1. The van der Waals surface area contributed by atoms with Crippen LogP contribution in [0.4, 0.5) is 0 Å². The van der Waals surface area contributed by atoms with Gasteiger partial charge in [-0.15, -0.1) is 0 Å². The molecule has 1 amide bonds. The molecule has 1 aliphatic heterocycles. The second-order valence-electron chi connectivity index (χ2n) is 7.55. The molecule has 0 radical (unpaired) electrons. The number of amides is 1. The smallest absolute Gasteiger partial charge is 0.272 e. The van der Waals surface area contributed by atoms with E-state index in [0.717, 1.165) is 17.0 Å². The molecule has 1 aromatic carbocycles. The molecule has 1 atom stereocenters. The van der Waals surface area contributed by atoms with Crippen molar-refractivity contribution in [1.29, 1.82) is 0 Å². The normalized spacial score (nSPS) is 15.8. The van der Waals surface area contributed by atoms with Crippen molar-refractivity contribution in [2.24, 2.45) is 7.05 Å². The van der Waals surface area contributed by atoms with Crippen LogP contribution in [0.25, 0.3) is 0 Å². The fraction of sp³-hybridized carbons (Fsp3) is 0.217. The monoisotopic (exact) mass is 398 g/mol. The molecule has 1 aliphatic rings. The maximum atomic E-state index is 13.2. The highest BCUT2D eigenvalue weighted by molar-refractivity contribution is 5.92. The molecule has 0 fully saturated rings. The van der Waals surface area contributed by atoms with E-state index in [-0.39, 0.29) is 11.8 Å². The molecular formula is C23H22N6O. The van der Waals surface area contributed by atoms with E-state index in [0.29, 0.717) is 25.3 Å². The molecule has 7 nitrogen and oxygen atoms in total. The molecule has 150 valence electrons. The minimum atomic E-state index is -0.0140. The molecular weight excluding hydrogens is 376 g/mol. The van der Waals surface area contributed by atoms with Crippen LogP contribution < -0.4 is 0 Å². The zero-order valence-electron chi connectivity index (χ0n) is 16.7. The number of pyridine rings is 1. The van der Waals surface area contributed by atoms with Crippen molar-refractivity contribution in [1.82, 2.24) is 29.2 Å². The zero-order chi connectivity index (χ0) is 20.5. The first-order chi connectivity index (χ1) is 14.7. The summed E-state index contributed by atoms with van der Waals surface area (Å²) in [6.07, 6.45) is 9.13. The van der Waals surface area contributed by atoms with Crippen LogP contribution in [0.5, 0.6) is 0 Å². The van der Waals surface area contributed by atoms with Gasteiger partial charge in [0, 0.05) is 51.1 Å². The predicted octanol–water partition coefficient (Wildman–Crippen LogP) is 2.85. The third-order valence-electron chi connectivity index (χ3n) is 5.66. The van der Waals surface area contributed by atoms with Crippen molar-refractivity contribution in [3.8, 4) is 0 Å². The van der Waals surface area contributed by atoms with Gasteiger partial charge >= 0.3 is 0 Å². The number of nitrogens with zero attached hydrogens (tertiary/aromatic N) is 6. The highest BCUT2D eigenvalue weighted by atomic mass is 16.2. The summed E-state index contributed by atoms with van der Waals surface area (Å²) < 4.78 is 3.78. The summed E-state index contributed by atoms with van der Waals surface area (Å²) in [7, 11) is 1.79. The molecule has 5 rings (SSSR count). The number of aromatic nitrogens is 5. The van der Waals surface area contributed by atoms with Gasteiger partial charge in [0.15, 0.2) is 0 Å². The van der Waals surface area contributed by atoms with Gasteiger partial charge in [0.2, 0.25) is 0 Å². The Labute approximate surface area is 174 Å². The van der Waals surface area contributed by atoms with Gasteiger partial charge in [-0.05, 0) is 28.8 Å². The highest BCUT2D eigenvalue weighted by Gasteiger charge is 2.32. The van der Waals surface area contributed by atoms with Crippen LogP contribution in [0.15, 0.2) is 73.4 Å². The summed E-state index contributed by atoms with van der Waals surface area (Å²) in [4.78, 5) is 24.0. The molecule has 30 heavy (non-hydrogen) atoms. The van der Waals surface area contributed by atoms with Crippen molar-refractivity contribution in [2.45, 2.75) is 19.0 Å². The number of rotatable bonds is 4. The van der Waals surface area contributed by atoms with Gasteiger partial charge in [-0.2, -0.15) is 5.10 Å². The molecule has 7 heteroatoms. The number of hydrogen-bond acceptors (Lipinski definition) is 4. The van der Waals surface area contributed by atoms with Gasteiger partial charge in [0.05, 0.1) is 12.5 Å². The summed E-state index contributed by atoms with van der Waals surface area (Å²) in [5.74, 6) is 0.937. The lowest BCUT2D eigenvalue weighted by molar-refractivity contribution is 0.0711. The third-order valence-corrected chi connectivity index (χ3v) is 5.66. The Balaban J connectivity index is 1.51. The number of imidazole rings is 1. The minimum absolute atomic E-state index is 0.00111. The molecule has 0 aliphatic carbocycles. The Morgan fingerprint density at radius 2 is 2.00 bits per heavy atom. The lowest BCUT2D eigenvalue weighted by Crippen LogP contribution is -2.40. The minimum Gasteiger partial charge on any atom is -0.332 e. The van der Waals surface area contributed by atoms with Gasteiger partial charge in [-0.1, -0.05) is 30.3 Å². The van der Waals surface area contributed by atoms with Crippen LogP contribution in [0.2, 0.25) is 0 Å². The average Bonchev–Trinajstić information content (AvgIpc) is 3.42. The largest absolute Gasteiger partial charge is 0.332 e. The van der Waals surface area contributed by atoms with Crippen molar-refractivity contribution in [3.63, 3.8) is 0 Å². The molecule has 0 bridgehead atoms. The zero-order valence-corrected chi connectivity index (χ0v) is 16.7. The van der Waals surface area contributed by atoms with Crippen LogP contribution in [0, 0.1) is 0 Å². The Bertz CT molecular complexity index is 1180. The van der Waals surface area contributed by atoms with E-state index >= 15 is 0 Å². The summed E-state index contributed by atoms with van der Waals surface area (Å²) in [6.45, 7) is 1.85. The topological polar surface area (TPSA) is 68.8 Å². The third kappa shape index (κ3) is 3.28. The van der Waals surface area contributed by atoms with E-state index in [1.54, 1.807) is 30.2 Å². The molecule has 0 saturated heterocycles. The number of carbonyl (C=O) groups is 1. The van der Waals surface area contributed by atoms with E-state index in [2.05, 4.69) is 38.9 Å². The second-order valence-corrected chi connectivity index (χ2v) is 7.55. The van der Waals surface area contributed by atoms with E-state index in [1.165, 1.54) is 5.56 Å². The standard InChI is InChI=1S/C23H22N6O/c1-27-21(8-10-26-27)23(30)29-15-18-6-2-3-7-19(18)20(16-29)22-25-11-12-28(22)14-17-5-4-9-24-13-17/h2-13,20H,14-16H2,1H3/t20-/m1/s1. The van der Waals surface area contributed by atoms with E-state index < -0.39 is 0 Å². The summed E-state index contributed by atoms with van der Waals surface area (Å²) in [5, 5.41) is 4.15. The first-order valence-corrected chi connectivity index (χ1v) is 9.95. The molecule has 0 unspecified atom stereocenters. The second kappa shape index (κ2) is 7.59. The fourth-order valence-electron chi connectivity index (χ4n) is 4.18. The SMILES string of the molecule is Cn1nccc1C(=O)N1Cc2ccccc2[C@H](c2nccn2Cc2cccnc2)C1. The lowest BCUT2D eigenvalue weighted by atomic mass is 9.88. The van der Waals surface area contributed by atoms with Gasteiger partial charge in [0.1, 0.15) is 11.5 Å². The summed E-state index contributed by atoms with van der Waals surface area (Å²) in [6, 6.07) is 14.1. The fourth-order valence-corrected chi connectivity index (χ4v) is 4.18. The van der Waals surface area contributed by atoms with Crippen LogP contribution in [0.1, 0.15) is 38.9 Å². The first-order valence-electron chi connectivity index (χ1n) is 9.95. The molecule has 0 N–H and O–H groups in total. The maximum absolute atomic E-state index is 13.2.